The monoisotopic (exact) mass is 634 g/mol. The van der Waals surface area contributed by atoms with E-state index >= 15 is 0 Å². The fourth-order valence-electron chi connectivity index (χ4n) is 6.00. The number of carbonyl (C=O) groups is 2. The van der Waals surface area contributed by atoms with Crippen LogP contribution in [0.15, 0.2) is 120 Å². The standard InChI is InChI=1S/C43H42N2O3/c1-6-8-38(46)33-13-11-29(12-14-33)27-37(32-17-15-30(16-18-32)31-19-23-35(24-20-31)43(3,4)5)41(47)44-36-25-21-34(22-26-36)42-45-40-28(2)9-7-10-39(40)48-42/h7,9-26,37H,6,8,27H2,1-5H3,(H,44,47)/t37-/m1/s1. The molecule has 0 aliphatic rings. The van der Waals surface area contributed by atoms with Crippen LogP contribution in [0.3, 0.4) is 0 Å². The number of anilines is 1. The van der Waals surface area contributed by atoms with Gasteiger partial charge in [0.2, 0.25) is 11.8 Å². The summed E-state index contributed by atoms with van der Waals surface area (Å²) in [6.07, 6.45) is 1.84. The van der Waals surface area contributed by atoms with E-state index in [2.05, 4.69) is 79.6 Å². The maximum Gasteiger partial charge on any atom is 0.232 e. The number of oxazole rings is 1. The minimum Gasteiger partial charge on any atom is -0.436 e. The van der Waals surface area contributed by atoms with Gasteiger partial charge < -0.3 is 9.73 Å². The summed E-state index contributed by atoms with van der Waals surface area (Å²) in [6.45, 7) is 10.7. The van der Waals surface area contributed by atoms with Gasteiger partial charge in [0.05, 0.1) is 5.92 Å². The molecule has 5 nitrogen and oxygen atoms in total. The van der Waals surface area contributed by atoms with Crippen LogP contribution < -0.4 is 5.32 Å². The number of aryl methyl sites for hydroxylation is 1. The SMILES string of the molecule is CCCC(=O)c1ccc(C[C@@H](C(=O)Nc2ccc(-c3nc4c(C)cccc4o3)cc2)c2ccc(-c3ccc(C(C)(C)C)cc3)cc2)cc1. The van der Waals surface area contributed by atoms with Crippen LogP contribution in [0.25, 0.3) is 33.7 Å². The highest BCUT2D eigenvalue weighted by Crippen LogP contribution is 2.31. The molecule has 0 radical (unpaired) electrons. The Bertz CT molecular complexity index is 2030. The van der Waals surface area contributed by atoms with Crippen LogP contribution in [-0.4, -0.2) is 16.7 Å². The van der Waals surface area contributed by atoms with Gasteiger partial charge in [-0.05, 0) is 88.9 Å². The van der Waals surface area contributed by atoms with Gasteiger partial charge in [0.25, 0.3) is 0 Å². The van der Waals surface area contributed by atoms with Crippen LogP contribution in [0.4, 0.5) is 5.69 Å². The van der Waals surface area contributed by atoms with E-state index in [-0.39, 0.29) is 17.1 Å². The zero-order chi connectivity index (χ0) is 33.8. The zero-order valence-electron chi connectivity index (χ0n) is 28.3. The smallest absolute Gasteiger partial charge is 0.232 e. The summed E-state index contributed by atoms with van der Waals surface area (Å²) in [4.78, 5) is 31.1. The fraction of sp³-hybridized carbons (Fsp3) is 0.233. The highest BCUT2D eigenvalue weighted by atomic mass is 16.3. The number of benzene rings is 5. The Balaban J connectivity index is 1.24. The predicted molar refractivity (Wildman–Crippen MR) is 196 cm³/mol. The zero-order valence-corrected chi connectivity index (χ0v) is 28.3. The average molecular weight is 635 g/mol. The molecule has 0 unspecified atom stereocenters. The third-order valence-electron chi connectivity index (χ3n) is 8.93. The summed E-state index contributed by atoms with van der Waals surface area (Å²) in [5, 5.41) is 3.14. The molecule has 0 saturated carbocycles. The lowest BCUT2D eigenvalue weighted by molar-refractivity contribution is -0.117. The van der Waals surface area contributed by atoms with Crippen molar-refractivity contribution in [2.24, 2.45) is 0 Å². The topological polar surface area (TPSA) is 72.2 Å². The van der Waals surface area contributed by atoms with E-state index in [1.165, 1.54) is 5.56 Å². The number of nitrogens with zero attached hydrogens (tertiary/aromatic N) is 1. The third kappa shape index (κ3) is 7.31. The van der Waals surface area contributed by atoms with Gasteiger partial charge in [-0.3, -0.25) is 9.59 Å². The lowest BCUT2D eigenvalue weighted by atomic mass is 9.86. The van der Waals surface area contributed by atoms with Crippen molar-refractivity contribution in [3.63, 3.8) is 0 Å². The molecular formula is C43H42N2O3. The second kappa shape index (κ2) is 13.8. The molecule has 0 bridgehead atoms. The van der Waals surface area contributed by atoms with Crippen molar-refractivity contribution in [2.75, 3.05) is 5.32 Å². The Labute approximate surface area is 283 Å². The Kier molecular flexibility index (Phi) is 9.40. The molecule has 0 aliphatic heterocycles. The summed E-state index contributed by atoms with van der Waals surface area (Å²) in [7, 11) is 0. The van der Waals surface area contributed by atoms with E-state index in [0.29, 0.717) is 30.0 Å². The normalized spacial score (nSPS) is 12.2. The summed E-state index contributed by atoms with van der Waals surface area (Å²) < 4.78 is 6.00. The van der Waals surface area contributed by atoms with Gasteiger partial charge >= 0.3 is 0 Å². The molecule has 1 atom stereocenters. The molecule has 1 amide bonds. The third-order valence-corrected chi connectivity index (χ3v) is 8.93. The van der Waals surface area contributed by atoms with Gasteiger partial charge in [0, 0.05) is 23.2 Å². The number of carbonyl (C=O) groups excluding carboxylic acids is 2. The number of hydrogen-bond donors (Lipinski definition) is 1. The highest BCUT2D eigenvalue weighted by molar-refractivity contribution is 5.97. The van der Waals surface area contributed by atoms with Crippen molar-refractivity contribution in [3.05, 3.63) is 143 Å². The van der Waals surface area contributed by atoms with Crippen LogP contribution in [0.5, 0.6) is 0 Å². The van der Waals surface area contributed by atoms with E-state index in [0.717, 1.165) is 50.9 Å². The number of Topliss-reactive ketones (excluding diaryl/α,β-unsaturated/α-hetero) is 1. The van der Waals surface area contributed by atoms with E-state index in [4.69, 9.17) is 4.42 Å². The lowest BCUT2D eigenvalue weighted by Gasteiger charge is -2.20. The summed E-state index contributed by atoms with van der Waals surface area (Å²) in [6, 6.07) is 38.1. The molecule has 1 heterocycles. The molecule has 6 rings (SSSR count). The molecule has 0 fully saturated rings. The van der Waals surface area contributed by atoms with E-state index in [9.17, 15) is 9.59 Å². The van der Waals surface area contributed by atoms with Crippen molar-refractivity contribution in [3.8, 4) is 22.6 Å². The number of para-hydroxylation sites is 1. The molecule has 5 aromatic carbocycles. The van der Waals surface area contributed by atoms with Crippen molar-refractivity contribution < 1.29 is 14.0 Å². The second-order valence-electron chi connectivity index (χ2n) is 13.6. The molecule has 6 aromatic rings. The second-order valence-corrected chi connectivity index (χ2v) is 13.6. The highest BCUT2D eigenvalue weighted by Gasteiger charge is 2.22. The minimum atomic E-state index is -0.445. The van der Waals surface area contributed by atoms with Crippen LogP contribution >= 0.6 is 0 Å². The minimum absolute atomic E-state index is 0.0915. The quantitative estimate of drug-likeness (QED) is 0.152. The first-order valence-electron chi connectivity index (χ1n) is 16.7. The molecule has 242 valence electrons. The Morgan fingerprint density at radius 1 is 0.771 bits per heavy atom. The first-order chi connectivity index (χ1) is 23.1. The van der Waals surface area contributed by atoms with Crippen LogP contribution in [0, 0.1) is 6.92 Å². The first-order valence-corrected chi connectivity index (χ1v) is 16.7. The average Bonchev–Trinajstić information content (AvgIpc) is 3.54. The van der Waals surface area contributed by atoms with Gasteiger partial charge in [-0.15, -0.1) is 0 Å². The number of nitrogens with one attached hydrogen (secondary N) is 1. The fourth-order valence-corrected chi connectivity index (χ4v) is 6.00. The van der Waals surface area contributed by atoms with E-state index in [1.54, 1.807) is 0 Å². The summed E-state index contributed by atoms with van der Waals surface area (Å²) >= 11 is 0. The van der Waals surface area contributed by atoms with Crippen molar-refractivity contribution in [1.29, 1.82) is 0 Å². The number of amides is 1. The maximum atomic E-state index is 14.0. The van der Waals surface area contributed by atoms with E-state index in [1.807, 2.05) is 80.6 Å². The molecule has 48 heavy (non-hydrogen) atoms. The first kappa shape index (κ1) is 32.6. The van der Waals surface area contributed by atoms with E-state index < -0.39 is 5.92 Å². The van der Waals surface area contributed by atoms with Gasteiger partial charge in [0.1, 0.15) is 5.52 Å². The molecule has 1 N–H and O–H groups in total. The molecular weight excluding hydrogens is 592 g/mol. The maximum absolute atomic E-state index is 14.0. The van der Waals surface area contributed by atoms with Gasteiger partial charge in [-0.2, -0.15) is 0 Å². The molecule has 5 heteroatoms. The van der Waals surface area contributed by atoms with Crippen molar-refractivity contribution in [1.82, 2.24) is 4.98 Å². The van der Waals surface area contributed by atoms with Crippen LogP contribution in [-0.2, 0) is 16.6 Å². The predicted octanol–water partition coefficient (Wildman–Crippen LogP) is 10.7. The number of ketones is 1. The molecule has 1 aromatic heterocycles. The van der Waals surface area contributed by atoms with Crippen molar-refractivity contribution in [2.45, 2.75) is 65.2 Å². The molecule has 0 spiro atoms. The van der Waals surface area contributed by atoms with Gasteiger partial charge in [-0.1, -0.05) is 113 Å². The summed E-state index contributed by atoms with van der Waals surface area (Å²) in [5.74, 6) is 0.137. The van der Waals surface area contributed by atoms with Crippen LogP contribution in [0.1, 0.15) is 79.1 Å². The van der Waals surface area contributed by atoms with Crippen LogP contribution in [0.2, 0.25) is 0 Å². The van der Waals surface area contributed by atoms with Gasteiger partial charge in [-0.25, -0.2) is 4.98 Å². The number of hydrogen-bond acceptors (Lipinski definition) is 4. The Morgan fingerprint density at radius 3 is 2.00 bits per heavy atom. The Morgan fingerprint density at radius 2 is 1.40 bits per heavy atom. The lowest BCUT2D eigenvalue weighted by Crippen LogP contribution is -2.23. The number of fused-ring (bicyclic) bond motifs is 1. The summed E-state index contributed by atoms with van der Waals surface area (Å²) in [5.41, 5.74) is 10.4. The molecule has 0 saturated heterocycles. The van der Waals surface area contributed by atoms with Crippen molar-refractivity contribution >= 4 is 28.5 Å². The Hall–Kier alpha value is -5.29. The largest absolute Gasteiger partial charge is 0.436 e. The number of aromatic nitrogens is 1. The number of rotatable bonds is 10. The molecule has 0 aliphatic carbocycles. The van der Waals surface area contributed by atoms with Gasteiger partial charge in [0.15, 0.2) is 11.4 Å².